The maximum Gasteiger partial charge on any atom is 0.228 e. The number of rotatable bonds is 3. The molecular weight excluding hydrogens is 256 g/mol. The molecule has 108 valence electrons. The Morgan fingerprint density at radius 1 is 1.30 bits per heavy atom. The Hall–Kier alpha value is -1.75. The van der Waals surface area contributed by atoms with Crippen molar-refractivity contribution >= 4 is 17.3 Å². The molecule has 1 amide bonds. The Kier molecular flexibility index (Phi) is 3.53. The van der Waals surface area contributed by atoms with Crippen molar-refractivity contribution in [1.82, 2.24) is 0 Å². The molecule has 1 aliphatic heterocycles. The molecule has 5 heteroatoms. The van der Waals surface area contributed by atoms with Crippen molar-refractivity contribution in [1.29, 1.82) is 0 Å². The number of carbonyl (C=O) groups excluding carboxylic acids is 1. The van der Waals surface area contributed by atoms with Gasteiger partial charge in [-0.15, -0.1) is 0 Å². The van der Waals surface area contributed by atoms with Crippen molar-refractivity contribution in [3.8, 4) is 5.75 Å². The molecule has 3 rings (SSSR count). The van der Waals surface area contributed by atoms with Crippen LogP contribution in [0.25, 0.3) is 0 Å². The smallest absolute Gasteiger partial charge is 0.228 e. The first-order valence-electron chi connectivity index (χ1n) is 7.07. The maximum absolute atomic E-state index is 11.4. The Morgan fingerprint density at radius 3 is 2.90 bits per heavy atom. The lowest BCUT2D eigenvalue weighted by atomic mass is 9.95. The second-order valence-electron chi connectivity index (χ2n) is 5.54. The minimum atomic E-state index is 0.00802. The van der Waals surface area contributed by atoms with E-state index in [-0.39, 0.29) is 18.1 Å². The largest absolute Gasteiger partial charge is 0.488 e. The molecule has 1 aromatic carbocycles. The third-order valence-electron chi connectivity index (χ3n) is 4.07. The quantitative estimate of drug-likeness (QED) is 0.829. The SMILES string of the molecule is COC1CCCC(Oc2cc3c(cc2N)CC(=O)N3)C1. The zero-order valence-corrected chi connectivity index (χ0v) is 11.6. The summed E-state index contributed by atoms with van der Waals surface area (Å²) in [6, 6.07) is 3.67. The Balaban J connectivity index is 1.74. The monoisotopic (exact) mass is 276 g/mol. The summed E-state index contributed by atoms with van der Waals surface area (Å²) in [4.78, 5) is 11.4. The van der Waals surface area contributed by atoms with E-state index in [4.69, 9.17) is 15.2 Å². The highest BCUT2D eigenvalue weighted by molar-refractivity contribution is 6.00. The minimum absolute atomic E-state index is 0.00802. The third-order valence-corrected chi connectivity index (χ3v) is 4.07. The summed E-state index contributed by atoms with van der Waals surface area (Å²) in [7, 11) is 1.74. The molecule has 0 bridgehead atoms. The fourth-order valence-electron chi connectivity index (χ4n) is 2.98. The highest BCUT2D eigenvalue weighted by Gasteiger charge is 2.25. The lowest BCUT2D eigenvalue weighted by molar-refractivity contribution is -0.115. The van der Waals surface area contributed by atoms with Gasteiger partial charge in [-0.05, 0) is 30.9 Å². The van der Waals surface area contributed by atoms with Crippen molar-refractivity contribution in [2.75, 3.05) is 18.2 Å². The van der Waals surface area contributed by atoms with Gasteiger partial charge in [-0.25, -0.2) is 0 Å². The van der Waals surface area contributed by atoms with Crippen LogP contribution in [0, 0.1) is 0 Å². The summed E-state index contributed by atoms with van der Waals surface area (Å²) in [6.45, 7) is 0. The summed E-state index contributed by atoms with van der Waals surface area (Å²) in [5, 5.41) is 2.82. The van der Waals surface area contributed by atoms with E-state index >= 15 is 0 Å². The summed E-state index contributed by atoms with van der Waals surface area (Å²) < 4.78 is 11.4. The number of nitrogen functional groups attached to an aromatic ring is 1. The van der Waals surface area contributed by atoms with Gasteiger partial charge in [0.05, 0.1) is 18.2 Å². The zero-order valence-electron chi connectivity index (χ0n) is 11.6. The lowest BCUT2D eigenvalue weighted by Gasteiger charge is -2.29. The van der Waals surface area contributed by atoms with Gasteiger partial charge in [0.25, 0.3) is 0 Å². The van der Waals surface area contributed by atoms with Gasteiger partial charge < -0.3 is 20.5 Å². The van der Waals surface area contributed by atoms with Gasteiger partial charge >= 0.3 is 0 Å². The topological polar surface area (TPSA) is 73.6 Å². The normalized spacial score (nSPS) is 25.1. The first kappa shape index (κ1) is 13.2. The van der Waals surface area contributed by atoms with E-state index in [0.717, 1.165) is 36.9 Å². The molecule has 2 atom stereocenters. The molecule has 5 nitrogen and oxygen atoms in total. The molecule has 3 N–H and O–H groups in total. The molecule has 1 fully saturated rings. The van der Waals surface area contributed by atoms with Crippen LogP contribution >= 0.6 is 0 Å². The molecule has 0 spiro atoms. The van der Waals surface area contributed by atoms with Gasteiger partial charge in [0.2, 0.25) is 5.91 Å². The van der Waals surface area contributed by atoms with Crippen molar-refractivity contribution < 1.29 is 14.3 Å². The predicted octanol–water partition coefficient (Wildman–Crippen LogP) is 2.10. The Labute approximate surface area is 118 Å². The molecule has 0 aromatic heterocycles. The molecule has 2 aliphatic rings. The summed E-state index contributed by atoms with van der Waals surface area (Å²) in [5.41, 5.74) is 8.39. The summed E-state index contributed by atoms with van der Waals surface area (Å²) in [6.07, 6.45) is 4.89. The van der Waals surface area contributed by atoms with Crippen LogP contribution in [0.5, 0.6) is 5.75 Å². The van der Waals surface area contributed by atoms with Crippen LogP contribution in [0.4, 0.5) is 11.4 Å². The highest BCUT2D eigenvalue weighted by atomic mass is 16.5. The van der Waals surface area contributed by atoms with Crippen LogP contribution in [0.15, 0.2) is 12.1 Å². The average molecular weight is 276 g/mol. The number of anilines is 2. The van der Waals surface area contributed by atoms with E-state index < -0.39 is 0 Å². The molecule has 1 aliphatic carbocycles. The van der Waals surface area contributed by atoms with Crippen molar-refractivity contribution in [3.05, 3.63) is 17.7 Å². The van der Waals surface area contributed by atoms with Crippen LogP contribution in [-0.2, 0) is 16.0 Å². The highest BCUT2D eigenvalue weighted by Crippen LogP contribution is 2.35. The zero-order chi connectivity index (χ0) is 14.1. The number of ether oxygens (including phenoxy) is 2. The van der Waals surface area contributed by atoms with E-state index in [1.807, 2.05) is 12.1 Å². The number of hydrogen-bond donors (Lipinski definition) is 2. The molecule has 1 aromatic rings. The van der Waals surface area contributed by atoms with Gasteiger partial charge in [-0.1, -0.05) is 0 Å². The van der Waals surface area contributed by atoms with Gasteiger partial charge in [0.1, 0.15) is 11.9 Å². The van der Waals surface area contributed by atoms with E-state index in [0.29, 0.717) is 17.9 Å². The van der Waals surface area contributed by atoms with Crippen LogP contribution in [0.3, 0.4) is 0 Å². The number of hydrogen-bond acceptors (Lipinski definition) is 4. The van der Waals surface area contributed by atoms with Gasteiger partial charge in [-0.2, -0.15) is 0 Å². The van der Waals surface area contributed by atoms with E-state index in [1.54, 1.807) is 7.11 Å². The molecule has 1 saturated carbocycles. The van der Waals surface area contributed by atoms with E-state index in [9.17, 15) is 4.79 Å². The maximum atomic E-state index is 11.4. The standard InChI is InChI=1S/C15H20N2O3/c1-19-10-3-2-4-11(7-10)20-14-8-13-9(5-12(14)16)6-15(18)17-13/h5,8,10-11H,2-4,6-7,16H2,1H3,(H,17,18). The second kappa shape index (κ2) is 5.32. The molecule has 0 saturated heterocycles. The molecule has 0 radical (unpaired) electrons. The molecular formula is C15H20N2O3. The molecule has 20 heavy (non-hydrogen) atoms. The minimum Gasteiger partial charge on any atom is -0.488 e. The predicted molar refractivity (Wildman–Crippen MR) is 76.9 cm³/mol. The van der Waals surface area contributed by atoms with Crippen molar-refractivity contribution in [2.24, 2.45) is 0 Å². The van der Waals surface area contributed by atoms with Crippen LogP contribution in [0.1, 0.15) is 31.2 Å². The molecule has 2 unspecified atom stereocenters. The number of fused-ring (bicyclic) bond motifs is 1. The van der Waals surface area contributed by atoms with Crippen molar-refractivity contribution in [2.45, 2.75) is 44.3 Å². The van der Waals surface area contributed by atoms with E-state index in [2.05, 4.69) is 5.32 Å². The second-order valence-corrected chi connectivity index (χ2v) is 5.54. The van der Waals surface area contributed by atoms with Gasteiger partial charge in [0, 0.05) is 25.3 Å². The van der Waals surface area contributed by atoms with Gasteiger partial charge in [0.15, 0.2) is 0 Å². The number of methoxy groups -OCH3 is 1. The summed E-state index contributed by atoms with van der Waals surface area (Å²) in [5.74, 6) is 0.668. The fourth-order valence-corrected chi connectivity index (χ4v) is 2.98. The lowest BCUT2D eigenvalue weighted by Crippen LogP contribution is -2.29. The first-order valence-corrected chi connectivity index (χ1v) is 7.07. The first-order chi connectivity index (χ1) is 9.65. The van der Waals surface area contributed by atoms with Gasteiger partial charge in [-0.3, -0.25) is 4.79 Å². The van der Waals surface area contributed by atoms with Crippen LogP contribution in [-0.4, -0.2) is 25.2 Å². The van der Waals surface area contributed by atoms with E-state index in [1.165, 1.54) is 0 Å². The number of nitrogens with two attached hydrogens (primary N) is 1. The van der Waals surface area contributed by atoms with Crippen molar-refractivity contribution in [3.63, 3.8) is 0 Å². The summed E-state index contributed by atoms with van der Waals surface area (Å²) >= 11 is 0. The molecule has 1 heterocycles. The average Bonchev–Trinajstić information content (AvgIpc) is 2.78. The fraction of sp³-hybridized carbons (Fsp3) is 0.533. The Morgan fingerprint density at radius 2 is 2.10 bits per heavy atom. The number of nitrogens with one attached hydrogen (secondary N) is 1. The Bertz CT molecular complexity index is 530. The van der Waals surface area contributed by atoms with Crippen LogP contribution in [0.2, 0.25) is 0 Å². The third kappa shape index (κ3) is 2.58. The number of carbonyl (C=O) groups is 1. The number of benzene rings is 1. The number of amides is 1. The van der Waals surface area contributed by atoms with Crippen LogP contribution < -0.4 is 15.8 Å².